The highest BCUT2D eigenvalue weighted by molar-refractivity contribution is 5.76. The molecule has 3 rings (SSSR count). The largest absolute Gasteiger partial charge is 0.417 e. The molecule has 2 amide bonds. The zero-order valence-electron chi connectivity index (χ0n) is 11.9. The van der Waals surface area contributed by atoms with Crippen molar-refractivity contribution in [2.45, 2.75) is 25.1 Å². The maximum Gasteiger partial charge on any atom is 0.417 e. The molecule has 1 aromatic heterocycles. The van der Waals surface area contributed by atoms with Gasteiger partial charge in [0.1, 0.15) is 5.82 Å². The fourth-order valence-electron chi connectivity index (χ4n) is 2.99. The van der Waals surface area contributed by atoms with Crippen LogP contribution in [0, 0.1) is 0 Å². The average molecular weight is 314 g/mol. The first-order valence-corrected chi connectivity index (χ1v) is 7.28. The van der Waals surface area contributed by atoms with Crippen LogP contribution in [0.2, 0.25) is 0 Å². The molecule has 0 bridgehead atoms. The Bertz CT molecular complexity index is 546. The first kappa shape index (κ1) is 14.9. The van der Waals surface area contributed by atoms with Gasteiger partial charge in [-0.25, -0.2) is 9.78 Å². The maximum absolute atomic E-state index is 12.6. The summed E-state index contributed by atoms with van der Waals surface area (Å²) in [5, 5.41) is 2.77. The van der Waals surface area contributed by atoms with Crippen LogP contribution in [-0.4, -0.2) is 48.1 Å². The number of hydrogen-bond acceptors (Lipinski definition) is 3. The minimum absolute atomic E-state index is 0.0628. The van der Waals surface area contributed by atoms with Crippen LogP contribution in [0.25, 0.3) is 0 Å². The van der Waals surface area contributed by atoms with Crippen LogP contribution >= 0.6 is 0 Å². The third-order valence-electron chi connectivity index (χ3n) is 4.13. The molecule has 8 heteroatoms. The Labute approximate surface area is 126 Å². The van der Waals surface area contributed by atoms with Gasteiger partial charge in [-0.05, 0) is 25.0 Å². The molecule has 5 nitrogen and oxygen atoms in total. The highest BCUT2D eigenvalue weighted by Gasteiger charge is 2.33. The van der Waals surface area contributed by atoms with Crippen molar-refractivity contribution in [3.63, 3.8) is 0 Å². The van der Waals surface area contributed by atoms with E-state index in [-0.39, 0.29) is 12.1 Å². The first-order chi connectivity index (χ1) is 10.4. The summed E-state index contributed by atoms with van der Waals surface area (Å²) in [5.41, 5.74) is -0.747. The van der Waals surface area contributed by atoms with Crippen LogP contribution in [-0.2, 0) is 6.18 Å². The highest BCUT2D eigenvalue weighted by Crippen LogP contribution is 2.30. The predicted octanol–water partition coefficient (Wildman–Crippen LogP) is 2.09. The Hall–Kier alpha value is -1.99. The van der Waals surface area contributed by atoms with Crippen molar-refractivity contribution >= 4 is 11.8 Å². The third-order valence-corrected chi connectivity index (χ3v) is 4.13. The van der Waals surface area contributed by atoms with Gasteiger partial charge >= 0.3 is 12.2 Å². The Morgan fingerprint density at radius 2 is 2.09 bits per heavy atom. The number of aromatic nitrogens is 1. The number of pyridine rings is 1. The standard InChI is InChI=1S/C14H17F3N4O/c15-14(16,17)10-3-4-12(19-8-10)20-6-1-2-11(9-20)21-7-5-18-13(21)22/h3-4,8,11H,1-2,5-7,9H2,(H,18,22). The summed E-state index contributed by atoms with van der Waals surface area (Å²) in [4.78, 5) is 19.4. The topological polar surface area (TPSA) is 48.5 Å². The minimum atomic E-state index is -4.37. The summed E-state index contributed by atoms with van der Waals surface area (Å²) in [6, 6.07) is 2.47. The Morgan fingerprint density at radius 1 is 1.27 bits per heavy atom. The lowest BCUT2D eigenvalue weighted by atomic mass is 10.0. The smallest absolute Gasteiger partial charge is 0.355 e. The normalized spacial score (nSPS) is 22.9. The SMILES string of the molecule is O=C1NCCN1C1CCCN(c2ccc(C(F)(F)F)cn2)C1. The van der Waals surface area contributed by atoms with E-state index in [2.05, 4.69) is 10.3 Å². The fraction of sp³-hybridized carbons (Fsp3) is 0.571. The van der Waals surface area contributed by atoms with E-state index >= 15 is 0 Å². The summed E-state index contributed by atoms with van der Waals surface area (Å²) in [6.07, 6.45) is -1.72. The molecule has 22 heavy (non-hydrogen) atoms. The number of halogens is 3. The van der Waals surface area contributed by atoms with Crippen LogP contribution in [0.4, 0.5) is 23.8 Å². The molecule has 2 saturated heterocycles. The lowest BCUT2D eigenvalue weighted by molar-refractivity contribution is -0.137. The number of piperidine rings is 1. The van der Waals surface area contributed by atoms with E-state index in [1.54, 1.807) is 4.90 Å². The van der Waals surface area contributed by atoms with Crippen LogP contribution < -0.4 is 10.2 Å². The molecule has 0 aliphatic carbocycles. The molecule has 3 heterocycles. The number of carbonyl (C=O) groups excluding carboxylic acids is 1. The van der Waals surface area contributed by atoms with Crippen LogP contribution in [0.1, 0.15) is 18.4 Å². The number of urea groups is 1. The molecule has 120 valence electrons. The monoisotopic (exact) mass is 314 g/mol. The van der Waals surface area contributed by atoms with Crippen molar-refractivity contribution in [2.75, 3.05) is 31.1 Å². The second-order valence-electron chi connectivity index (χ2n) is 5.57. The average Bonchev–Trinajstić information content (AvgIpc) is 2.93. The Kier molecular flexibility index (Phi) is 3.84. The second kappa shape index (κ2) is 5.66. The number of carbonyl (C=O) groups is 1. The molecule has 0 saturated carbocycles. The molecule has 2 aliphatic rings. The molecule has 0 spiro atoms. The highest BCUT2D eigenvalue weighted by atomic mass is 19.4. The van der Waals surface area contributed by atoms with E-state index in [1.807, 2.05) is 4.90 Å². The second-order valence-corrected chi connectivity index (χ2v) is 5.57. The summed E-state index contributed by atoms with van der Waals surface area (Å²) < 4.78 is 37.7. The number of rotatable bonds is 2. The van der Waals surface area contributed by atoms with E-state index in [0.717, 1.165) is 31.6 Å². The molecule has 1 aromatic rings. The molecule has 2 fully saturated rings. The fourth-order valence-corrected chi connectivity index (χ4v) is 2.99. The van der Waals surface area contributed by atoms with Gasteiger partial charge in [0.25, 0.3) is 0 Å². The molecule has 1 unspecified atom stereocenters. The lowest BCUT2D eigenvalue weighted by Crippen LogP contribution is -2.49. The lowest BCUT2D eigenvalue weighted by Gasteiger charge is -2.37. The number of anilines is 1. The molecular weight excluding hydrogens is 297 g/mol. The summed E-state index contributed by atoms with van der Waals surface area (Å²) >= 11 is 0. The molecule has 0 aromatic carbocycles. The van der Waals surface area contributed by atoms with Crippen molar-refractivity contribution in [3.8, 4) is 0 Å². The van der Waals surface area contributed by atoms with Crippen molar-refractivity contribution in [3.05, 3.63) is 23.9 Å². The minimum Gasteiger partial charge on any atom is -0.355 e. The zero-order valence-corrected chi connectivity index (χ0v) is 11.9. The van der Waals surface area contributed by atoms with Crippen LogP contribution in [0.15, 0.2) is 18.3 Å². The predicted molar refractivity (Wildman–Crippen MR) is 74.6 cm³/mol. The van der Waals surface area contributed by atoms with Crippen molar-refractivity contribution in [2.24, 2.45) is 0 Å². The number of alkyl halides is 3. The van der Waals surface area contributed by atoms with Crippen molar-refractivity contribution in [1.29, 1.82) is 0 Å². The van der Waals surface area contributed by atoms with E-state index in [1.165, 1.54) is 6.07 Å². The molecule has 2 aliphatic heterocycles. The van der Waals surface area contributed by atoms with Gasteiger partial charge in [0.05, 0.1) is 11.6 Å². The number of hydrogen-bond donors (Lipinski definition) is 1. The summed E-state index contributed by atoms with van der Waals surface area (Å²) in [6.45, 7) is 2.67. The van der Waals surface area contributed by atoms with Gasteiger partial charge in [-0.1, -0.05) is 0 Å². The van der Waals surface area contributed by atoms with E-state index in [9.17, 15) is 18.0 Å². The summed E-state index contributed by atoms with van der Waals surface area (Å²) in [5.74, 6) is 0.525. The quantitative estimate of drug-likeness (QED) is 0.909. The maximum atomic E-state index is 12.6. The van der Waals surface area contributed by atoms with Gasteiger partial charge < -0.3 is 15.1 Å². The van der Waals surface area contributed by atoms with Crippen molar-refractivity contribution < 1.29 is 18.0 Å². The van der Waals surface area contributed by atoms with E-state index < -0.39 is 11.7 Å². The molecule has 1 atom stereocenters. The zero-order chi connectivity index (χ0) is 15.7. The van der Waals surface area contributed by atoms with Gasteiger partial charge in [-0.2, -0.15) is 13.2 Å². The van der Waals surface area contributed by atoms with E-state index in [0.29, 0.717) is 25.5 Å². The molecule has 0 radical (unpaired) electrons. The van der Waals surface area contributed by atoms with Crippen LogP contribution in [0.5, 0.6) is 0 Å². The van der Waals surface area contributed by atoms with Crippen molar-refractivity contribution in [1.82, 2.24) is 15.2 Å². The van der Waals surface area contributed by atoms with E-state index in [4.69, 9.17) is 0 Å². The molecule has 1 N–H and O–H groups in total. The third kappa shape index (κ3) is 2.95. The number of amides is 2. The van der Waals surface area contributed by atoms with Gasteiger partial charge in [0, 0.05) is 32.4 Å². The summed E-state index contributed by atoms with van der Waals surface area (Å²) in [7, 11) is 0. The first-order valence-electron chi connectivity index (χ1n) is 7.28. The van der Waals surface area contributed by atoms with Gasteiger partial charge in [-0.15, -0.1) is 0 Å². The van der Waals surface area contributed by atoms with Gasteiger partial charge in [-0.3, -0.25) is 0 Å². The number of nitrogens with one attached hydrogen (secondary N) is 1. The number of nitrogens with zero attached hydrogens (tertiary/aromatic N) is 3. The van der Waals surface area contributed by atoms with Gasteiger partial charge in [0.15, 0.2) is 0 Å². The molecular formula is C14H17F3N4O. The van der Waals surface area contributed by atoms with Crippen LogP contribution in [0.3, 0.4) is 0 Å². The Balaban J connectivity index is 1.70. The van der Waals surface area contributed by atoms with Gasteiger partial charge in [0.2, 0.25) is 0 Å². The Morgan fingerprint density at radius 3 is 2.68 bits per heavy atom.